The van der Waals surface area contributed by atoms with Crippen LogP contribution in [0.3, 0.4) is 0 Å². The maximum absolute atomic E-state index is 12.0. The van der Waals surface area contributed by atoms with Crippen LogP contribution in [0, 0.1) is 26.2 Å². The molecule has 2 rings (SSSR count). The highest BCUT2D eigenvalue weighted by Gasteiger charge is 2.26. The second-order valence-electron chi connectivity index (χ2n) is 5.45. The molecule has 0 saturated heterocycles. The van der Waals surface area contributed by atoms with Crippen LogP contribution < -0.4 is 9.47 Å². The molecule has 0 aliphatic heterocycles. The number of rotatable bonds is 6. The van der Waals surface area contributed by atoms with Gasteiger partial charge < -0.3 is 9.47 Å². The Morgan fingerprint density at radius 1 is 0.966 bits per heavy atom. The molecule has 2 aromatic rings. The van der Waals surface area contributed by atoms with Crippen LogP contribution in [0.25, 0.3) is 0 Å². The van der Waals surface area contributed by atoms with Crippen molar-refractivity contribution >= 4 is 34.4 Å². The fraction of sp³-hybridized carbons (Fsp3) is 0.300. The van der Waals surface area contributed by atoms with Crippen molar-refractivity contribution in [1.29, 1.82) is 10.5 Å². The maximum atomic E-state index is 12.0. The molecule has 0 aliphatic rings. The number of halogens is 4. The second-order valence-corrected chi connectivity index (χ2v) is 7.63. The number of nitriles is 2. The first-order chi connectivity index (χ1) is 13.8. The van der Waals surface area contributed by atoms with E-state index in [0.29, 0.717) is 27.5 Å². The molecule has 29 heavy (non-hydrogen) atoms. The molecule has 0 aliphatic carbocycles. The van der Waals surface area contributed by atoms with Gasteiger partial charge in [0.1, 0.15) is 23.6 Å². The zero-order chi connectivity index (χ0) is 21.9. The van der Waals surface area contributed by atoms with E-state index in [9.17, 15) is 13.2 Å². The molecule has 154 valence electrons. The third kappa shape index (κ3) is 8.42. The third-order valence-corrected chi connectivity index (χ3v) is 5.79. The van der Waals surface area contributed by atoms with Gasteiger partial charge in [0.2, 0.25) is 0 Å². The van der Waals surface area contributed by atoms with Crippen molar-refractivity contribution < 1.29 is 22.6 Å². The number of hydrogen-bond acceptors (Lipinski definition) is 5. The SMILES string of the molecule is COc1cccc(C#N)c1I.COc1cccc(C#N)c1SCCCC(F)(F)F. The molecule has 0 aromatic heterocycles. The third-order valence-electron chi connectivity index (χ3n) is 3.47. The molecule has 4 nitrogen and oxygen atoms in total. The summed E-state index contributed by atoms with van der Waals surface area (Å²) in [4.78, 5) is 0.602. The Morgan fingerprint density at radius 2 is 1.52 bits per heavy atom. The number of methoxy groups -OCH3 is 2. The standard InChI is InChI=1S/C12H12F3NOS.C8H6INO/c1-17-10-5-2-4-9(8-16)11(10)18-7-3-6-12(13,14)15;1-11-7-4-2-3-6(5-10)8(7)9/h2,4-5H,3,6-7H2,1H3;2-4H,1H3. The lowest BCUT2D eigenvalue weighted by atomic mass is 10.2. The van der Waals surface area contributed by atoms with E-state index in [2.05, 4.69) is 28.7 Å². The molecule has 0 fully saturated rings. The minimum absolute atomic E-state index is 0.0249. The highest BCUT2D eigenvalue weighted by molar-refractivity contribution is 14.1. The van der Waals surface area contributed by atoms with Gasteiger partial charge in [-0.15, -0.1) is 11.8 Å². The Kier molecular flexibility index (Phi) is 10.7. The predicted molar refractivity (Wildman–Crippen MR) is 114 cm³/mol. The van der Waals surface area contributed by atoms with Crippen molar-refractivity contribution in [3.8, 4) is 23.6 Å². The Morgan fingerprint density at radius 3 is 2.03 bits per heavy atom. The number of ether oxygens (including phenoxy) is 2. The summed E-state index contributed by atoms with van der Waals surface area (Å²) in [5, 5.41) is 17.6. The van der Waals surface area contributed by atoms with Crippen molar-refractivity contribution in [2.45, 2.75) is 23.9 Å². The van der Waals surface area contributed by atoms with Crippen molar-refractivity contribution in [2.75, 3.05) is 20.0 Å². The monoisotopic (exact) mass is 534 g/mol. The Hall–Kier alpha value is -2.11. The van der Waals surface area contributed by atoms with Gasteiger partial charge in [-0.05, 0) is 59.0 Å². The average Bonchev–Trinajstić information content (AvgIpc) is 2.71. The van der Waals surface area contributed by atoms with E-state index >= 15 is 0 Å². The zero-order valence-electron chi connectivity index (χ0n) is 15.7. The summed E-state index contributed by atoms with van der Waals surface area (Å²) in [5.41, 5.74) is 1.08. The normalized spacial score (nSPS) is 10.2. The molecule has 0 N–H and O–H groups in total. The van der Waals surface area contributed by atoms with Crippen molar-refractivity contribution in [1.82, 2.24) is 0 Å². The molecule has 2 aromatic carbocycles. The Labute approximate surface area is 185 Å². The van der Waals surface area contributed by atoms with Gasteiger partial charge in [-0.25, -0.2) is 0 Å². The number of hydrogen-bond donors (Lipinski definition) is 0. The summed E-state index contributed by atoms with van der Waals surface area (Å²) in [6, 6.07) is 14.5. The van der Waals surface area contributed by atoms with Crippen molar-refractivity contribution in [3.63, 3.8) is 0 Å². The first kappa shape index (κ1) is 24.9. The lowest BCUT2D eigenvalue weighted by Crippen LogP contribution is -2.07. The van der Waals surface area contributed by atoms with Gasteiger partial charge in [0.25, 0.3) is 0 Å². The highest BCUT2D eigenvalue weighted by atomic mass is 127. The second kappa shape index (κ2) is 12.5. The number of thioether (sulfide) groups is 1. The van der Waals surface area contributed by atoms with E-state index in [1.165, 1.54) is 18.9 Å². The van der Waals surface area contributed by atoms with Crippen LogP contribution >= 0.6 is 34.4 Å². The lowest BCUT2D eigenvalue weighted by Gasteiger charge is -2.10. The lowest BCUT2D eigenvalue weighted by molar-refractivity contribution is -0.134. The molecule has 0 atom stereocenters. The van der Waals surface area contributed by atoms with Gasteiger partial charge in [-0.1, -0.05) is 12.1 Å². The van der Waals surface area contributed by atoms with Crippen LogP contribution in [-0.2, 0) is 0 Å². The first-order valence-corrected chi connectivity index (χ1v) is 10.3. The molecule has 0 bridgehead atoms. The molecule has 0 radical (unpaired) electrons. The highest BCUT2D eigenvalue weighted by Crippen LogP contribution is 2.34. The molecule has 0 spiro atoms. The quantitative estimate of drug-likeness (QED) is 0.252. The van der Waals surface area contributed by atoms with Gasteiger partial charge in [0.05, 0.1) is 33.8 Å². The van der Waals surface area contributed by atoms with Crippen LogP contribution in [-0.4, -0.2) is 26.1 Å². The smallest absolute Gasteiger partial charge is 0.389 e. The summed E-state index contributed by atoms with van der Waals surface area (Å²) in [6.45, 7) is 0. The summed E-state index contributed by atoms with van der Waals surface area (Å²) >= 11 is 3.31. The molecule has 0 unspecified atom stereocenters. The van der Waals surface area contributed by atoms with E-state index < -0.39 is 12.6 Å². The van der Waals surface area contributed by atoms with E-state index in [0.717, 1.165) is 9.32 Å². The van der Waals surface area contributed by atoms with Gasteiger partial charge >= 0.3 is 6.18 Å². The van der Waals surface area contributed by atoms with Crippen LogP contribution in [0.1, 0.15) is 24.0 Å². The number of alkyl halides is 3. The van der Waals surface area contributed by atoms with Crippen LogP contribution in [0.2, 0.25) is 0 Å². The summed E-state index contributed by atoms with van der Waals surface area (Å²) in [5.74, 6) is 1.57. The minimum Gasteiger partial charge on any atom is -0.496 e. The average molecular weight is 534 g/mol. The first-order valence-electron chi connectivity index (χ1n) is 8.26. The van der Waals surface area contributed by atoms with Crippen LogP contribution in [0.15, 0.2) is 41.3 Å². The van der Waals surface area contributed by atoms with E-state index in [4.69, 9.17) is 20.0 Å². The van der Waals surface area contributed by atoms with E-state index in [-0.39, 0.29) is 6.42 Å². The number of nitrogens with zero attached hydrogens (tertiary/aromatic N) is 2. The summed E-state index contributed by atoms with van der Waals surface area (Å²) in [7, 11) is 3.06. The van der Waals surface area contributed by atoms with Crippen molar-refractivity contribution in [2.24, 2.45) is 0 Å². The predicted octanol–water partition coefficient (Wildman–Crippen LogP) is 6.17. The number of benzene rings is 2. The largest absolute Gasteiger partial charge is 0.496 e. The molecule has 9 heteroatoms. The fourth-order valence-corrected chi connectivity index (χ4v) is 3.87. The minimum atomic E-state index is -4.13. The van der Waals surface area contributed by atoms with Gasteiger partial charge in [0, 0.05) is 6.42 Å². The maximum Gasteiger partial charge on any atom is 0.389 e. The molecule has 0 heterocycles. The Bertz CT molecular complexity index is 893. The molecule has 0 amide bonds. The van der Waals surface area contributed by atoms with E-state index in [1.807, 2.05) is 12.1 Å². The van der Waals surface area contributed by atoms with Crippen molar-refractivity contribution in [3.05, 3.63) is 51.1 Å². The fourth-order valence-electron chi connectivity index (χ4n) is 2.12. The molecular weight excluding hydrogens is 516 g/mol. The van der Waals surface area contributed by atoms with Gasteiger partial charge in [-0.2, -0.15) is 23.7 Å². The van der Waals surface area contributed by atoms with Gasteiger partial charge in [0.15, 0.2) is 0 Å². The molecule has 0 saturated carbocycles. The topological polar surface area (TPSA) is 66.0 Å². The van der Waals surface area contributed by atoms with E-state index in [1.54, 1.807) is 37.4 Å². The summed E-state index contributed by atoms with van der Waals surface area (Å²) in [6.07, 6.45) is -4.91. The van der Waals surface area contributed by atoms with Crippen LogP contribution in [0.5, 0.6) is 11.5 Å². The van der Waals surface area contributed by atoms with Crippen LogP contribution in [0.4, 0.5) is 13.2 Å². The zero-order valence-corrected chi connectivity index (χ0v) is 18.7. The van der Waals surface area contributed by atoms with Gasteiger partial charge in [-0.3, -0.25) is 0 Å². The molecular formula is C20H18F3IN2O2S. The Balaban J connectivity index is 0.000000326. The summed E-state index contributed by atoms with van der Waals surface area (Å²) < 4.78 is 46.9.